The summed E-state index contributed by atoms with van der Waals surface area (Å²) < 4.78 is 13.3. The van der Waals surface area contributed by atoms with Crippen molar-refractivity contribution in [3.05, 3.63) is 34.6 Å². The Labute approximate surface area is 116 Å². The third kappa shape index (κ3) is 2.96. The first-order chi connectivity index (χ1) is 8.61. The minimum atomic E-state index is -0.557. The van der Waals surface area contributed by atoms with Crippen LogP contribution in [-0.4, -0.2) is 29.8 Å². The number of likely N-dealkylation sites (tertiary alicyclic amines) is 1. The lowest BCUT2D eigenvalue weighted by Crippen LogP contribution is -2.38. The second kappa shape index (κ2) is 5.89. The fourth-order valence-electron chi connectivity index (χ4n) is 2.10. The van der Waals surface area contributed by atoms with Gasteiger partial charge < -0.3 is 4.90 Å². The molecule has 18 heavy (non-hydrogen) atoms. The molecule has 0 bridgehead atoms. The lowest BCUT2D eigenvalue weighted by atomic mass is 9.98. The highest BCUT2D eigenvalue weighted by molar-refractivity contribution is 6.30. The van der Waals surface area contributed by atoms with Crippen LogP contribution in [0.4, 0.5) is 4.39 Å². The van der Waals surface area contributed by atoms with Gasteiger partial charge in [-0.1, -0.05) is 11.6 Å². The van der Waals surface area contributed by atoms with Crippen LogP contribution in [0, 0.1) is 11.7 Å². The Morgan fingerprint density at radius 3 is 2.61 bits per heavy atom. The van der Waals surface area contributed by atoms with Crippen molar-refractivity contribution in [2.45, 2.75) is 12.8 Å². The van der Waals surface area contributed by atoms with Gasteiger partial charge in [-0.25, -0.2) is 4.39 Å². The van der Waals surface area contributed by atoms with Crippen LogP contribution in [0.2, 0.25) is 5.02 Å². The van der Waals surface area contributed by atoms with E-state index in [2.05, 4.69) is 0 Å². The molecule has 0 atom stereocenters. The third-order valence-electron chi connectivity index (χ3n) is 3.29. The number of halogens is 3. The van der Waals surface area contributed by atoms with Crippen molar-refractivity contribution in [2.75, 3.05) is 19.0 Å². The molecule has 0 N–H and O–H groups in total. The monoisotopic (exact) mass is 289 g/mol. The Balaban J connectivity index is 2.05. The van der Waals surface area contributed by atoms with E-state index in [1.807, 2.05) is 0 Å². The summed E-state index contributed by atoms with van der Waals surface area (Å²) in [7, 11) is 0. The van der Waals surface area contributed by atoms with Gasteiger partial charge in [0.05, 0.1) is 5.02 Å². The molecule has 0 aromatic heterocycles. The summed E-state index contributed by atoms with van der Waals surface area (Å²) in [5.74, 6) is 0.423. The molecule has 0 saturated carbocycles. The van der Waals surface area contributed by atoms with Crippen LogP contribution in [0.15, 0.2) is 18.2 Å². The predicted octanol–water partition coefficient (Wildman–Crippen LogP) is 3.57. The van der Waals surface area contributed by atoms with Crippen LogP contribution in [0.3, 0.4) is 0 Å². The maximum absolute atomic E-state index is 13.3. The van der Waals surface area contributed by atoms with Crippen molar-refractivity contribution in [1.82, 2.24) is 4.90 Å². The topological polar surface area (TPSA) is 20.3 Å². The van der Waals surface area contributed by atoms with Gasteiger partial charge in [0.25, 0.3) is 5.91 Å². The molecule has 5 heteroatoms. The van der Waals surface area contributed by atoms with Crippen LogP contribution in [0.1, 0.15) is 23.2 Å². The van der Waals surface area contributed by atoms with Crippen molar-refractivity contribution < 1.29 is 9.18 Å². The molecule has 1 aromatic rings. The van der Waals surface area contributed by atoms with Gasteiger partial charge >= 0.3 is 0 Å². The van der Waals surface area contributed by atoms with Gasteiger partial charge in [-0.2, -0.15) is 0 Å². The van der Waals surface area contributed by atoms with Gasteiger partial charge in [0.1, 0.15) is 5.82 Å². The molecule has 0 radical (unpaired) electrons. The molecular weight excluding hydrogens is 276 g/mol. The summed E-state index contributed by atoms with van der Waals surface area (Å²) in [5, 5.41) is 0.0346. The summed E-state index contributed by atoms with van der Waals surface area (Å²) in [6, 6.07) is 4.16. The van der Waals surface area contributed by atoms with E-state index in [-0.39, 0.29) is 10.9 Å². The van der Waals surface area contributed by atoms with Gasteiger partial charge in [-0.3, -0.25) is 4.79 Å². The largest absolute Gasteiger partial charge is 0.339 e. The minimum Gasteiger partial charge on any atom is -0.339 e. The highest BCUT2D eigenvalue weighted by Crippen LogP contribution is 2.21. The molecule has 1 aliphatic rings. The molecule has 0 unspecified atom stereocenters. The minimum absolute atomic E-state index is 0.0346. The van der Waals surface area contributed by atoms with E-state index < -0.39 is 5.82 Å². The number of alkyl halides is 1. The van der Waals surface area contributed by atoms with Gasteiger partial charge in [-0.15, -0.1) is 11.6 Å². The fourth-order valence-corrected chi connectivity index (χ4v) is 2.53. The number of hydrogen-bond acceptors (Lipinski definition) is 1. The van der Waals surface area contributed by atoms with Crippen molar-refractivity contribution in [1.29, 1.82) is 0 Å². The lowest BCUT2D eigenvalue weighted by Gasteiger charge is -2.31. The number of rotatable bonds is 2. The Bertz CT molecular complexity index is 445. The Kier molecular flexibility index (Phi) is 4.46. The Hall–Kier alpha value is -0.800. The number of carbonyl (C=O) groups is 1. The predicted molar refractivity (Wildman–Crippen MR) is 70.8 cm³/mol. The molecule has 0 aliphatic carbocycles. The standard InChI is InChI=1S/C13H14Cl2FNO/c14-8-9-3-5-17(6-4-9)13(18)10-1-2-11(15)12(16)7-10/h1-2,7,9H,3-6,8H2. The number of nitrogens with zero attached hydrogens (tertiary/aromatic N) is 1. The fraction of sp³-hybridized carbons (Fsp3) is 0.462. The second-order valence-electron chi connectivity index (χ2n) is 4.52. The van der Waals surface area contributed by atoms with E-state index in [0.717, 1.165) is 12.8 Å². The number of piperidine rings is 1. The Morgan fingerprint density at radius 2 is 2.06 bits per heavy atom. The SMILES string of the molecule is O=C(c1ccc(Cl)c(F)c1)N1CCC(CCl)CC1. The van der Waals surface area contributed by atoms with E-state index in [1.54, 1.807) is 11.0 Å². The molecule has 1 aromatic carbocycles. The second-order valence-corrected chi connectivity index (χ2v) is 5.23. The first kappa shape index (κ1) is 13.6. The number of hydrogen-bond donors (Lipinski definition) is 0. The van der Waals surface area contributed by atoms with Crippen molar-refractivity contribution in [2.24, 2.45) is 5.92 Å². The molecular formula is C13H14Cl2FNO. The number of carbonyl (C=O) groups excluding carboxylic acids is 1. The molecule has 1 heterocycles. The van der Waals surface area contributed by atoms with Gasteiger partial charge in [0.2, 0.25) is 0 Å². The van der Waals surface area contributed by atoms with E-state index in [1.165, 1.54) is 12.1 Å². The molecule has 2 rings (SSSR count). The zero-order chi connectivity index (χ0) is 13.1. The first-order valence-corrected chi connectivity index (χ1v) is 6.83. The van der Waals surface area contributed by atoms with E-state index >= 15 is 0 Å². The van der Waals surface area contributed by atoms with Gasteiger partial charge in [0, 0.05) is 24.5 Å². The zero-order valence-corrected chi connectivity index (χ0v) is 11.3. The molecule has 98 valence electrons. The van der Waals surface area contributed by atoms with E-state index in [4.69, 9.17) is 23.2 Å². The quantitative estimate of drug-likeness (QED) is 0.762. The average Bonchev–Trinajstić information content (AvgIpc) is 2.41. The third-order valence-corrected chi connectivity index (χ3v) is 4.03. The first-order valence-electron chi connectivity index (χ1n) is 5.92. The van der Waals surface area contributed by atoms with Crippen LogP contribution in [0.25, 0.3) is 0 Å². The van der Waals surface area contributed by atoms with E-state index in [9.17, 15) is 9.18 Å². The van der Waals surface area contributed by atoms with Gasteiger partial charge in [0.15, 0.2) is 0 Å². The van der Waals surface area contributed by atoms with Crippen LogP contribution < -0.4 is 0 Å². The van der Waals surface area contributed by atoms with Crippen molar-refractivity contribution in [3.8, 4) is 0 Å². The highest BCUT2D eigenvalue weighted by Gasteiger charge is 2.23. The lowest BCUT2D eigenvalue weighted by molar-refractivity contribution is 0.0697. The molecule has 0 spiro atoms. The normalized spacial score (nSPS) is 16.9. The number of benzene rings is 1. The molecule has 2 nitrogen and oxygen atoms in total. The average molecular weight is 290 g/mol. The van der Waals surface area contributed by atoms with Crippen molar-refractivity contribution in [3.63, 3.8) is 0 Å². The summed E-state index contributed by atoms with van der Waals surface area (Å²) in [4.78, 5) is 13.9. The summed E-state index contributed by atoms with van der Waals surface area (Å²) in [5.41, 5.74) is 0.348. The molecule has 1 amide bonds. The van der Waals surface area contributed by atoms with E-state index in [0.29, 0.717) is 30.5 Å². The number of amides is 1. The summed E-state index contributed by atoms with van der Waals surface area (Å²) in [6.45, 7) is 1.36. The van der Waals surface area contributed by atoms with Crippen LogP contribution in [-0.2, 0) is 0 Å². The van der Waals surface area contributed by atoms with Gasteiger partial charge in [-0.05, 0) is 37.0 Å². The zero-order valence-electron chi connectivity index (χ0n) is 9.83. The maximum atomic E-state index is 13.3. The van der Waals surface area contributed by atoms with Crippen LogP contribution >= 0.6 is 23.2 Å². The molecule has 1 fully saturated rings. The maximum Gasteiger partial charge on any atom is 0.253 e. The summed E-state index contributed by atoms with van der Waals surface area (Å²) >= 11 is 11.4. The Morgan fingerprint density at radius 1 is 1.39 bits per heavy atom. The smallest absolute Gasteiger partial charge is 0.253 e. The summed E-state index contributed by atoms with van der Waals surface area (Å²) in [6.07, 6.45) is 1.82. The highest BCUT2D eigenvalue weighted by atomic mass is 35.5. The molecule has 1 aliphatic heterocycles. The van der Waals surface area contributed by atoms with Crippen molar-refractivity contribution >= 4 is 29.1 Å². The van der Waals surface area contributed by atoms with Crippen LogP contribution in [0.5, 0.6) is 0 Å². The molecule has 1 saturated heterocycles.